The molecule has 1 aliphatic rings. The summed E-state index contributed by atoms with van der Waals surface area (Å²) in [6, 6.07) is 12.5. The predicted molar refractivity (Wildman–Crippen MR) is 89.9 cm³/mol. The van der Waals surface area contributed by atoms with Crippen LogP contribution in [0.2, 0.25) is 0 Å². The lowest BCUT2D eigenvalue weighted by molar-refractivity contribution is 0.0690. The van der Waals surface area contributed by atoms with Crippen molar-refractivity contribution in [3.63, 3.8) is 0 Å². The highest BCUT2D eigenvalue weighted by molar-refractivity contribution is 7.91. The van der Waals surface area contributed by atoms with E-state index in [4.69, 9.17) is 5.11 Å². The summed E-state index contributed by atoms with van der Waals surface area (Å²) in [5.41, 5.74) is 2.64. The Hall–Kier alpha value is -2.73. The number of aromatic carboxylic acids is 1. The summed E-state index contributed by atoms with van der Waals surface area (Å²) >= 11 is 0. The number of carboxylic acids is 1. The number of nitrogens with zero attached hydrogens (tertiary/aromatic N) is 1. The first kappa shape index (κ1) is 14.8. The Balaban J connectivity index is 1.90. The maximum absolute atomic E-state index is 11.9. The van der Waals surface area contributed by atoms with Gasteiger partial charge in [0.25, 0.3) is 0 Å². The van der Waals surface area contributed by atoms with E-state index in [2.05, 4.69) is 4.98 Å². The third-order valence-corrected chi connectivity index (χ3v) is 6.14. The molecule has 0 radical (unpaired) electrons. The number of pyridine rings is 1. The summed E-state index contributed by atoms with van der Waals surface area (Å²) in [5.74, 6) is -0.907. The average molecular weight is 339 g/mol. The summed E-state index contributed by atoms with van der Waals surface area (Å²) in [4.78, 5) is 15.5. The average Bonchev–Trinajstić information content (AvgIpc) is 2.88. The highest BCUT2D eigenvalue weighted by Crippen LogP contribution is 2.33. The number of fused-ring (bicyclic) bond motifs is 2. The van der Waals surface area contributed by atoms with Gasteiger partial charge in [-0.25, -0.2) is 18.2 Å². The molecule has 0 unspecified atom stereocenters. The highest BCUT2D eigenvalue weighted by atomic mass is 32.2. The van der Waals surface area contributed by atoms with Crippen LogP contribution in [0.3, 0.4) is 0 Å². The summed E-state index contributed by atoms with van der Waals surface area (Å²) < 4.78 is 23.9. The number of rotatable bonds is 2. The van der Waals surface area contributed by atoms with Gasteiger partial charge in [-0.3, -0.25) is 0 Å². The van der Waals surface area contributed by atoms with Gasteiger partial charge >= 0.3 is 5.97 Å². The number of hydrogen-bond donors (Lipinski definition) is 1. The Kier molecular flexibility index (Phi) is 3.18. The molecule has 0 atom stereocenters. The Labute approximate surface area is 138 Å². The van der Waals surface area contributed by atoms with Gasteiger partial charge in [-0.05, 0) is 46.7 Å². The minimum atomic E-state index is -3.14. The number of benzene rings is 2. The number of aromatic nitrogens is 1. The van der Waals surface area contributed by atoms with Crippen LogP contribution >= 0.6 is 0 Å². The van der Waals surface area contributed by atoms with Crippen molar-refractivity contribution in [3.05, 3.63) is 59.9 Å². The first-order chi connectivity index (χ1) is 11.5. The van der Waals surface area contributed by atoms with Crippen molar-refractivity contribution in [2.45, 2.75) is 11.3 Å². The van der Waals surface area contributed by atoms with E-state index in [1.807, 2.05) is 24.3 Å². The number of carbonyl (C=O) groups is 1. The van der Waals surface area contributed by atoms with Gasteiger partial charge in [0.15, 0.2) is 9.84 Å². The maximum atomic E-state index is 11.9. The van der Waals surface area contributed by atoms with E-state index in [0.29, 0.717) is 11.3 Å². The number of carboxylic acid groups (broad SMARTS) is 1. The SMILES string of the molecule is O=C(O)c1cc2cccc(-c3ccc4c(c3)CCS4(=O)=O)c2cn1. The molecule has 0 spiro atoms. The van der Waals surface area contributed by atoms with E-state index in [1.165, 1.54) is 0 Å². The third-order valence-electron chi connectivity index (χ3n) is 4.33. The molecule has 1 N–H and O–H groups in total. The molecule has 6 heteroatoms. The number of sulfone groups is 1. The van der Waals surface area contributed by atoms with Crippen LogP contribution < -0.4 is 0 Å². The summed E-state index contributed by atoms with van der Waals surface area (Å²) in [6.45, 7) is 0. The molecule has 0 saturated carbocycles. The van der Waals surface area contributed by atoms with Crippen molar-refractivity contribution in [2.24, 2.45) is 0 Å². The molecule has 0 aliphatic carbocycles. The molecule has 24 heavy (non-hydrogen) atoms. The molecule has 0 fully saturated rings. The molecular weight excluding hydrogens is 326 g/mol. The van der Waals surface area contributed by atoms with Crippen LogP contribution in [0.5, 0.6) is 0 Å². The first-order valence-electron chi connectivity index (χ1n) is 7.44. The Morgan fingerprint density at radius 2 is 1.96 bits per heavy atom. The zero-order chi connectivity index (χ0) is 16.9. The number of aryl methyl sites for hydroxylation is 1. The largest absolute Gasteiger partial charge is 0.477 e. The fraction of sp³-hybridized carbons (Fsp3) is 0.111. The van der Waals surface area contributed by atoms with Gasteiger partial charge in [-0.15, -0.1) is 0 Å². The monoisotopic (exact) mass is 339 g/mol. The van der Waals surface area contributed by atoms with Crippen molar-refractivity contribution in [3.8, 4) is 11.1 Å². The van der Waals surface area contributed by atoms with Crippen molar-refractivity contribution in [1.29, 1.82) is 0 Å². The Morgan fingerprint density at radius 3 is 2.75 bits per heavy atom. The van der Waals surface area contributed by atoms with Gasteiger partial charge in [0.2, 0.25) is 0 Å². The van der Waals surface area contributed by atoms with E-state index >= 15 is 0 Å². The van der Waals surface area contributed by atoms with Gasteiger partial charge in [-0.2, -0.15) is 0 Å². The van der Waals surface area contributed by atoms with Gasteiger partial charge in [0.1, 0.15) is 5.69 Å². The molecule has 0 bridgehead atoms. The molecule has 120 valence electrons. The molecular formula is C18H13NO4S. The molecule has 0 amide bonds. The fourth-order valence-corrected chi connectivity index (χ4v) is 4.68. The van der Waals surface area contributed by atoms with Crippen molar-refractivity contribution in [1.82, 2.24) is 4.98 Å². The predicted octanol–water partition coefficient (Wildman–Crippen LogP) is 2.93. The van der Waals surface area contributed by atoms with Gasteiger partial charge < -0.3 is 5.11 Å². The van der Waals surface area contributed by atoms with Crippen LogP contribution in [-0.2, 0) is 16.3 Å². The normalized spacial score (nSPS) is 15.3. The van der Waals surface area contributed by atoms with E-state index in [9.17, 15) is 13.2 Å². The molecule has 5 nitrogen and oxygen atoms in total. The molecule has 0 saturated heterocycles. The van der Waals surface area contributed by atoms with Crippen LogP contribution in [-0.4, -0.2) is 30.2 Å². The van der Waals surface area contributed by atoms with Crippen molar-refractivity contribution >= 4 is 26.6 Å². The lowest BCUT2D eigenvalue weighted by Crippen LogP contribution is -1.99. The van der Waals surface area contributed by atoms with Gasteiger partial charge in [-0.1, -0.05) is 24.3 Å². The van der Waals surface area contributed by atoms with Gasteiger partial charge in [0, 0.05) is 11.6 Å². The lowest BCUT2D eigenvalue weighted by Gasteiger charge is -2.09. The van der Waals surface area contributed by atoms with E-state index < -0.39 is 15.8 Å². The zero-order valence-electron chi connectivity index (χ0n) is 12.6. The van der Waals surface area contributed by atoms with E-state index in [0.717, 1.165) is 27.5 Å². The second-order valence-corrected chi connectivity index (χ2v) is 7.87. The zero-order valence-corrected chi connectivity index (χ0v) is 13.4. The van der Waals surface area contributed by atoms with Crippen molar-refractivity contribution in [2.75, 3.05) is 5.75 Å². The van der Waals surface area contributed by atoms with Crippen LogP contribution in [0, 0.1) is 0 Å². The first-order valence-corrected chi connectivity index (χ1v) is 9.09. The summed E-state index contributed by atoms with van der Waals surface area (Å²) in [6.07, 6.45) is 2.08. The highest BCUT2D eigenvalue weighted by Gasteiger charge is 2.26. The van der Waals surface area contributed by atoms with Crippen LogP contribution in [0.15, 0.2) is 53.6 Å². The van der Waals surface area contributed by atoms with E-state index in [-0.39, 0.29) is 11.4 Å². The maximum Gasteiger partial charge on any atom is 0.354 e. The molecule has 1 aromatic heterocycles. The van der Waals surface area contributed by atoms with Crippen LogP contribution in [0.4, 0.5) is 0 Å². The standard InChI is InChI=1S/C18H13NO4S/c20-18(21)16-9-11-2-1-3-14(15(11)10-19-16)12-4-5-17-13(8-12)6-7-24(17,22)23/h1-5,8-10H,6-7H2,(H,20,21). The van der Waals surface area contributed by atoms with E-state index in [1.54, 1.807) is 24.4 Å². The minimum Gasteiger partial charge on any atom is -0.477 e. The second-order valence-electron chi connectivity index (χ2n) is 5.79. The molecule has 2 heterocycles. The minimum absolute atomic E-state index is 0.000281. The quantitative estimate of drug-likeness (QED) is 0.776. The molecule has 4 rings (SSSR count). The Morgan fingerprint density at radius 1 is 1.12 bits per heavy atom. The molecule has 3 aromatic rings. The third kappa shape index (κ3) is 2.27. The fourth-order valence-electron chi connectivity index (χ4n) is 3.14. The molecule has 2 aromatic carbocycles. The van der Waals surface area contributed by atoms with Crippen LogP contribution in [0.25, 0.3) is 21.9 Å². The Bertz CT molecular complexity index is 1100. The van der Waals surface area contributed by atoms with Crippen molar-refractivity contribution < 1.29 is 18.3 Å². The smallest absolute Gasteiger partial charge is 0.354 e. The lowest BCUT2D eigenvalue weighted by atomic mass is 9.97. The molecule has 1 aliphatic heterocycles. The number of hydrogen-bond acceptors (Lipinski definition) is 4. The summed E-state index contributed by atoms with van der Waals surface area (Å²) in [7, 11) is -3.14. The summed E-state index contributed by atoms with van der Waals surface area (Å²) in [5, 5.41) is 10.7. The second kappa shape index (κ2) is 5.14. The topological polar surface area (TPSA) is 84.3 Å². The van der Waals surface area contributed by atoms with Crippen LogP contribution in [0.1, 0.15) is 16.1 Å². The van der Waals surface area contributed by atoms with Gasteiger partial charge in [0.05, 0.1) is 10.6 Å².